The number of rotatable bonds is 5. The molecule has 3 amide bonds. The molecule has 1 aromatic rings. The number of hydrogen-bond acceptors (Lipinski definition) is 5. The van der Waals surface area contributed by atoms with Crippen LogP contribution in [0.5, 0.6) is 0 Å². The molecule has 30 heavy (non-hydrogen) atoms. The molecule has 2 aliphatic carbocycles. The van der Waals surface area contributed by atoms with E-state index >= 15 is 0 Å². The third-order valence-electron chi connectivity index (χ3n) is 6.36. The van der Waals surface area contributed by atoms with E-state index in [1.54, 1.807) is 0 Å². The molecular weight excluding hydrogens is 452 g/mol. The van der Waals surface area contributed by atoms with Gasteiger partial charge in [-0.2, -0.15) is 0 Å². The van der Waals surface area contributed by atoms with Crippen molar-refractivity contribution in [2.24, 2.45) is 23.7 Å². The van der Waals surface area contributed by atoms with Crippen molar-refractivity contribution in [2.75, 3.05) is 11.9 Å². The van der Waals surface area contributed by atoms with Crippen molar-refractivity contribution in [3.05, 3.63) is 39.9 Å². The maximum atomic E-state index is 12.8. The van der Waals surface area contributed by atoms with Gasteiger partial charge in [0.05, 0.1) is 11.8 Å². The summed E-state index contributed by atoms with van der Waals surface area (Å²) >= 11 is 3.44. The van der Waals surface area contributed by atoms with Crippen LogP contribution in [0.1, 0.15) is 24.5 Å². The van der Waals surface area contributed by atoms with Crippen LogP contribution >= 0.6 is 15.9 Å². The van der Waals surface area contributed by atoms with Gasteiger partial charge in [0.1, 0.15) is 6.04 Å². The summed E-state index contributed by atoms with van der Waals surface area (Å²) in [6.07, 6.45) is 4.83. The lowest BCUT2D eigenvalue weighted by Gasteiger charge is -2.23. The Labute approximate surface area is 183 Å². The average molecular weight is 475 g/mol. The summed E-state index contributed by atoms with van der Waals surface area (Å²) in [5.74, 6) is -2.45. The van der Waals surface area contributed by atoms with Gasteiger partial charge in [0.2, 0.25) is 11.8 Å². The molecule has 5 atom stereocenters. The minimum atomic E-state index is -1.06. The number of amides is 3. The molecule has 0 unspecified atom stereocenters. The second-order valence-corrected chi connectivity index (χ2v) is 9.15. The SMILES string of the molecule is Cc1cc(NC(=O)COC(=O)[C@H](C)N2C(=O)[C@@H]3[C@@H](C2=O)[C@H]2C=C[C@H]3C2)c(C)cc1Br. The first-order chi connectivity index (χ1) is 14.2. The summed E-state index contributed by atoms with van der Waals surface area (Å²) in [5.41, 5.74) is 2.45. The fraction of sp³-hybridized carbons (Fsp3) is 0.455. The maximum absolute atomic E-state index is 12.8. The van der Waals surface area contributed by atoms with Gasteiger partial charge in [0, 0.05) is 10.2 Å². The standard InChI is InChI=1S/C22H23BrN2O5/c1-10-7-16(11(2)6-15(10)23)24-17(26)9-30-22(29)12(3)25-20(27)18-13-4-5-14(8-13)19(18)21(25)28/h4-7,12-14,18-19H,8-9H2,1-3H3,(H,24,26)/t12-,13-,14-,18-,19-/m0/s1. The van der Waals surface area contributed by atoms with Crippen molar-refractivity contribution in [3.8, 4) is 0 Å². The van der Waals surface area contributed by atoms with Crippen molar-refractivity contribution in [1.29, 1.82) is 0 Å². The first-order valence-corrected chi connectivity index (χ1v) is 10.8. The van der Waals surface area contributed by atoms with Gasteiger partial charge in [0.25, 0.3) is 5.91 Å². The van der Waals surface area contributed by atoms with Crippen molar-refractivity contribution in [1.82, 2.24) is 4.90 Å². The lowest BCUT2D eigenvalue weighted by Crippen LogP contribution is -2.45. The Morgan fingerprint density at radius 3 is 2.33 bits per heavy atom. The topological polar surface area (TPSA) is 92.8 Å². The number of aryl methyl sites for hydroxylation is 2. The van der Waals surface area contributed by atoms with Crippen LogP contribution in [0.3, 0.4) is 0 Å². The number of carbonyl (C=O) groups is 4. The van der Waals surface area contributed by atoms with E-state index in [1.807, 2.05) is 38.1 Å². The molecule has 158 valence electrons. The van der Waals surface area contributed by atoms with E-state index in [0.29, 0.717) is 5.69 Å². The van der Waals surface area contributed by atoms with Crippen LogP contribution in [-0.4, -0.2) is 41.2 Å². The Morgan fingerprint density at radius 1 is 1.13 bits per heavy atom. The van der Waals surface area contributed by atoms with E-state index in [9.17, 15) is 19.2 Å². The number of nitrogens with one attached hydrogen (secondary N) is 1. The molecular formula is C22H23BrN2O5. The summed E-state index contributed by atoms with van der Waals surface area (Å²) < 4.78 is 6.05. The first-order valence-electron chi connectivity index (χ1n) is 9.97. The van der Waals surface area contributed by atoms with Gasteiger partial charge in [-0.25, -0.2) is 4.79 Å². The van der Waals surface area contributed by atoms with Crippen LogP contribution in [0.4, 0.5) is 5.69 Å². The Morgan fingerprint density at radius 2 is 1.73 bits per heavy atom. The zero-order valence-electron chi connectivity index (χ0n) is 17.0. The predicted molar refractivity (Wildman–Crippen MR) is 112 cm³/mol. The number of allylic oxidation sites excluding steroid dienone is 2. The van der Waals surface area contributed by atoms with Crippen LogP contribution in [0.15, 0.2) is 28.8 Å². The lowest BCUT2D eigenvalue weighted by atomic mass is 9.85. The van der Waals surface area contributed by atoms with Crippen molar-refractivity contribution >= 4 is 45.3 Å². The minimum Gasteiger partial charge on any atom is -0.454 e. The molecule has 0 aromatic heterocycles. The summed E-state index contributed by atoms with van der Waals surface area (Å²) in [7, 11) is 0. The zero-order valence-corrected chi connectivity index (χ0v) is 18.6. The van der Waals surface area contributed by atoms with E-state index in [-0.39, 0.29) is 35.5 Å². The number of nitrogens with zero attached hydrogens (tertiary/aromatic N) is 1. The molecule has 4 rings (SSSR count). The molecule has 1 saturated carbocycles. The molecule has 7 nitrogen and oxygen atoms in total. The summed E-state index contributed by atoms with van der Waals surface area (Å²) in [5, 5.41) is 2.72. The van der Waals surface area contributed by atoms with Crippen molar-refractivity contribution in [3.63, 3.8) is 0 Å². The van der Waals surface area contributed by atoms with Crippen molar-refractivity contribution < 1.29 is 23.9 Å². The van der Waals surface area contributed by atoms with Gasteiger partial charge in [0.15, 0.2) is 6.61 Å². The molecule has 0 spiro atoms. The minimum absolute atomic E-state index is 0.0769. The molecule has 1 heterocycles. The molecule has 2 fully saturated rings. The number of anilines is 1. The number of ether oxygens (including phenoxy) is 1. The highest BCUT2D eigenvalue weighted by molar-refractivity contribution is 9.10. The highest BCUT2D eigenvalue weighted by Crippen LogP contribution is 2.52. The number of imide groups is 1. The quantitative estimate of drug-likeness (QED) is 0.402. The first kappa shape index (κ1) is 20.8. The molecule has 1 N–H and O–H groups in total. The Hall–Kier alpha value is -2.48. The maximum Gasteiger partial charge on any atom is 0.329 e. The molecule has 1 aromatic carbocycles. The monoisotopic (exact) mass is 474 g/mol. The fourth-order valence-corrected chi connectivity index (χ4v) is 5.23. The molecule has 8 heteroatoms. The normalized spacial score (nSPS) is 27.4. The van der Waals surface area contributed by atoms with Crippen LogP contribution in [0.2, 0.25) is 0 Å². The van der Waals surface area contributed by atoms with Crippen LogP contribution in [0.25, 0.3) is 0 Å². The Balaban J connectivity index is 1.35. The molecule has 3 aliphatic rings. The number of benzene rings is 1. The number of esters is 1. The van der Waals surface area contributed by atoms with E-state index in [1.165, 1.54) is 6.92 Å². The Bertz CT molecular complexity index is 958. The van der Waals surface area contributed by atoms with Crippen LogP contribution in [-0.2, 0) is 23.9 Å². The highest BCUT2D eigenvalue weighted by Gasteiger charge is 2.60. The molecule has 0 radical (unpaired) electrons. The molecule has 1 saturated heterocycles. The van der Waals surface area contributed by atoms with Gasteiger partial charge in [-0.15, -0.1) is 0 Å². The third kappa shape index (κ3) is 3.37. The van der Waals surface area contributed by atoms with Gasteiger partial charge < -0.3 is 10.1 Å². The average Bonchev–Trinajstić information content (AvgIpc) is 3.37. The van der Waals surface area contributed by atoms with Gasteiger partial charge in [-0.05, 0) is 62.3 Å². The van der Waals surface area contributed by atoms with E-state index < -0.39 is 24.5 Å². The number of fused-ring (bicyclic) bond motifs is 5. The van der Waals surface area contributed by atoms with Crippen LogP contribution in [0, 0.1) is 37.5 Å². The second kappa shape index (κ2) is 7.65. The highest BCUT2D eigenvalue weighted by atomic mass is 79.9. The lowest BCUT2D eigenvalue weighted by molar-refractivity contribution is -0.159. The van der Waals surface area contributed by atoms with Gasteiger partial charge in [-0.3, -0.25) is 19.3 Å². The van der Waals surface area contributed by atoms with E-state index in [2.05, 4.69) is 21.2 Å². The smallest absolute Gasteiger partial charge is 0.329 e. The second-order valence-electron chi connectivity index (χ2n) is 8.29. The summed E-state index contributed by atoms with van der Waals surface area (Å²) in [4.78, 5) is 51.3. The number of hydrogen-bond donors (Lipinski definition) is 1. The number of carbonyl (C=O) groups excluding carboxylic acids is 4. The Kier molecular flexibility index (Phi) is 5.30. The summed E-state index contributed by atoms with van der Waals surface area (Å²) in [6, 6.07) is 2.66. The van der Waals surface area contributed by atoms with Gasteiger partial charge in [-0.1, -0.05) is 28.1 Å². The molecule has 1 aliphatic heterocycles. The number of likely N-dealkylation sites (tertiary alicyclic amines) is 1. The largest absolute Gasteiger partial charge is 0.454 e. The third-order valence-corrected chi connectivity index (χ3v) is 7.21. The van der Waals surface area contributed by atoms with Crippen molar-refractivity contribution in [2.45, 2.75) is 33.2 Å². The molecule has 2 bridgehead atoms. The van der Waals surface area contributed by atoms with Crippen LogP contribution < -0.4 is 5.32 Å². The van der Waals surface area contributed by atoms with Gasteiger partial charge >= 0.3 is 5.97 Å². The number of halogens is 1. The fourth-order valence-electron chi connectivity index (χ4n) is 4.77. The predicted octanol–water partition coefficient (Wildman–Crippen LogP) is 2.74. The van der Waals surface area contributed by atoms with E-state index in [0.717, 1.165) is 26.9 Å². The van der Waals surface area contributed by atoms with E-state index in [4.69, 9.17) is 4.74 Å². The summed E-state index contributed by atoms with van der Waals surface area (Å²) in [6.45, 7) is 4.74. The zero-order chi connectivity index (χ0) is 21.7.